The molecule has 0 aromatic carbocycles. The summed E-state index contributed by atoms with van der Waals surface area (Å²) in [6, 6.07) is -5.09. The van der Waals surface area contributed by atoms with Crippen LogP contribution in [0.15, 0.2) is 12.5 Å². The van der Waals surface area contributed by atoms with Crippen LogP contribution in [0.3, 0.4) is 0 Å². The fourth-order valence-electron chi connectivity index (χ4n) is 2.56. The normalized spacial score (nSPS) is 14.8. The van der Waals surface area contributed by atoms with Gasteiger partial charge in [0, 0.05) is 31.3 Å². The lowest BCUT2D eigenvalue weighted by atomic mass is 10.1. The van der Waals surface area contributed by atoms with Crippen molar-refractivity contribution in [3.8, 4) is 0 Å². The van der Waals surface area contributed by atoms with Gasteiger partial charge < -0.3 is 31.6 Å². The summed E-state index contributed by atoms with van der Waals surface area (Å²) in [7, 11) is 0. The highest BCUT2D eigenvalue weighted by molar-refractivity contribution is 5.93. The van der Waals surface area contributed by atoms with E-state index in [0.717, 1.165) is 6.92 Å². The van der Waals surface area contributed by atoms with Gasteiger partial charge in [-0.2, -0.15) is 0 Å². The maximum atomic E-state index is 12.4. The van der Waals surface area contributed by atoms with Gasteiger partial charge in [0.05, 0.1) is 12.7 Å². The van der Waals surface area contributed by atoms with E-state index in [4.69, 9.17) is 5.73 Å². The Hall–Kier alpha value is -3.48. The van der Waals surface area contributed by atoms with Crippen LogP contribution in [-0.4, -0.2) is 74.0 Å². The van der Waals surface area contributed by atoms with Gasteiger partial charge in [-0.05, 0) is 6.92 Å². The van der Waals surface area contributed by atoms with Crippen LogP contribution in [0.5, 0.6) is 0 Å². The van der Waals surface area contributed by atoms with Crippen LogP contribution in [0, 0.1) is 0 Å². The van der Waals surface area contributed by atoms with Gasteiger partial charge in [0.25, 0.3) is 0 Å². The molecule has 1 aromatic heterocycles. The van der Waals surface area contributed by atoms with Crippen molar-refractivity contribution in [2.24, 2.45) is 5.73 Å². The molecule has 0 bridgehead atoms. The summed E-state index contributed by atoms with van der Waals surface area (Å²) in [5.74, 6) is -5.10. The zero-order valence-electron chi connectivity index (χ0n) is 15.8. The van der Waals surface area contributed by atoms with Crippen molar-refractivity contribution in [1.82, 2.24) is 25.9 Å². The number of hydrogen-bond acceptors (Lipinski definition) is 7. The number of primary amides is 1. The Morgan fingerprint density at radius 2 is 1.79 bits per heavy atom. The van der Waals surface area contributed by atoms with Gasteiger partial charge in [-0.15, -0.1) is 0 Å². The Morgan fingerprint density at radius 1 is 1.14 bits per heavy atom. The van der Waals surface area contributed by atoms with Crippen molar-refractivity contribution < 1.29 is 34.2 Å². The quantitative estimate of drug-likeness (QED) is 0.190. The number of imidazole rings is 1. The summed E-state index contributed by atoms with van der Waals surface area (Å²) in [6.07, 6.45) is 2.27. The second-order valence-corrected chi connectivity index (χ2v) is 6.38. The predicted octanol–water partition coefficient (Wildman–Crippen LogP) is -2.67. The van der Waals surface area contributed by atoms with E-state index in [9.17, 15) is 34.2 Å². The number of amides is 3. The average molecular weight is 412 g/mol. The van der Waals surface area contributed by atoms with E-state index in [1.54, 1.807) is 0 Å². The molecule has 13 nitrogen and oxygen atoms in total. The van der Waals surface area contributed by atoms with E-state index >= 15 is 0 Å². The van der Waals surface area contributed by atoms with E-state index < -0.39 is 60.2 Å². The van der Waals surface area contributed by atoms with Crippen LogP contribution in [0.4, 0.5) is 0 Å². The number of rotatable bonds is 12. The summed E-state index contributed by atoms with van der Waals surface area (Å²) >= 11 is 0. The Morgan fingerprint density at radius 3 is 2.24 bits per heavy atom. The predicted molar refractivity (Wildman–Crippen MR) is 97.3 cm³/mol. The van der Waals surface area contributed by atoms with E-state index in [0.29, 0.717) is 5.69 Å². The molecule has 29 heavy (non-hydrogen) atoms. The lowest BCUT2D eigenvalue weighted by Gasteiger charge is -2.27. The number of aliphatic carboxylic acids is 2. The van der Waals surface area contributed by atoms with E-state index in [1.165, 1.54) is 19.4 Å². The van der Waals surface area contributed by atoms with Crippen LogP contribution in [-0.2, 0) is 30.4 Å². The Bertz CT molecular complexity index is 735. The second kappa shape index (κ2) is 10.8. The van der Waals surface area contributed by atoms with Crippen molar-refractivity contribution in [1.29, 1.82) is 0 Å². The molecule has 4 atom stereocenters. The number of nitrogens with zero attached hydrogens (tertiary/aromatic N) is 1. The number of carboxylic acids is 2. The summed E-state index contributed by atoms with van der Waals surface area (Å²) < 4.78 is 0. The van der Waals surface area contributed by atoms with Gasteiger partial charge >= 0.3 is 11.9 Å². The Labute approximate surface area is 165 Å². The van der Waals surface area contributed by atoms with Gasteiger partial charge in [0.2, 0.25) is 17.7 Å². The zero-order chi connectivity index (χ0) is 22.1. The molecule has 1 rings (SSSR count). The minimum absolute atomic E-state index is 0.00382. The minimum atomic E-state index is -1.55. The summed E-state index contributed by atoms with van der Waals surface area (Å²) in [6.45, 7) is 2.50. The summed E-state index contributed by atoms with van der Waals surface area (Å²) in [5, 5.41) is 25.9. The van der Waals surface area contributed by atoms with Crippen LogP contribution < -0.4 is 21.7 Å². The monoisotopic (exact) mass is 412 g/mol. The standard InChI is InChI=1S/C16H24N6O7/c1-7(20-11(15(26)27)3-9-5-18-6-19-9)13(16(28)29)22-14(25)10(4-12(17)24)21-8(2)23/h5-7,10-11,13,20H,3-4H2,1-2H3,(H2,17,24)(H,18,19)(H,21,23)(H,22,25)(H,26,27)(H,28,29)/t7-,10+,11+,13+/m1/s1. The first kappa shape index (κ1) is 23.6. The molecule has 1 aromatic rings. The number of carbonyl (C=O) groups excluding carboxylic acids is 3. The molecule has 3 amide bonds. The number of aromatic amines is 1. The molecule has 0 saturated heterocycles. The Balaban J connectivity index is 2.88. The van der Waals surface area contributed by atoms with Crippen molar-refractivity contribution in [3.63, 3.8) is 0 Å². The van der Waals surface area contributed by atoms with Crippen LogP contribution in [0.25, 0.3) is 0 Å². The number of nitrogens with two attached hydrogens (primary N) is 1. The fourth-order valence-corrected chi connectivity index (χ4v) is 2.56. The van der Waals surface area contributed by atoms with Crippen LogP contribution in [0.2, 0.25) is 0 Å². The molecule has 0 aliphatic heterocycles. The second-order valence-electron chi connectivity index (χ2n) is 6.38. The average Bonchev–Trinajstić information content (AvgIpc) is 3.10. The minimum Gasteiger partial charge on any atom is -0.480 e. The van der Waals surface area contributed by atoms with Gasteiger partial charge in [-0.25, -0.2) is 9.78 Å². The number of H-pyrrole nitrogens is 1. The Kier molecular flexibility index (Phi) is 8.73. The van der Waals surface area contributed by atoms with E-state index in [1.807, 2.05) is 0 Å². The third-order valence-electron chi connectivity index (χ3n) is 3.90. The molecular weight excluding hydrogens is 388 g/mol. The van der Waals surface area contributed by atoms with Crippen molar-refractivity contribution in [3.05, 3.63) is 18.2 Å². The first-order valence-corrected chi connectivity index (χ1v) is 8.56. The number of carbonyl (C=O) groups is 5. The molecule has 0 spiro atoms. The molecule has 1 heterocycles. The molecule has 0 radical (unpaired) electrons. The molecule has 0 unspecified atom stereocenters. The molecule has 13 heteroatoms. The summed E-state index contributed by atoms with van der Waals surface area (Å²) in [4.78, 5) is 64.3. The highest BCUT2D eigenvalue weighted by atomic mass is 16.4. The smallest absolute Gasteiger partial charge is 0.327 e. The van der Waals surface area contributed by atoms with E-state index in [-0.39, 0.29) is 6.42 Å². The van der Waals surface area contributed by atoms with Gasteiger partial charge in [0.1, 0.15) is 18.1 Å². The van der Waals surface area contributed by atoms with Gasteiger partial charge in [-0.3, -0.25) is 24.5 Å². The number of aromatic nitrogens is 2. The molecule has 0 fully saturated rings. The first-order chi connectivity index (χ1) is 13.5. The molecule has 0 aliphatic rings. The summed E-state index contributed by atoms with van der Waals surface area (Å²) in [5.41, 5.74) is 5.56. The highest BCUT2D eigenvalue weighted by Crippen LogP contribution is 2.04. The highest BCUT2D eigenvalue weighted by Gasteiger charge is 2.33. The third kappa shape index (κ3) is 7.96. The lowest BCUT2D eigenvalue weighted by molar-refractivity contribution is -0.144. The van der Waals surface area contributed by atoms with E-state index in [2.05, 4.69) is 25.9 Å². The van der Waals surface area contributed by atoms with Crippen LogP contribution >= 0.6 is 0 Å². The number of nitrogens with one attached hydrogen (secondary N) is 4. The lowest BCUT2D eigenvalue weighted by Crippen LogP contribution is -2.60. The SMILES string of the molecule is CC(=O)N[C@@H](CC(N)=O)C(=O)N[C@H](C(=O)O)[C@@H](C)N[C@@H](Cc1cnc[nH]1)C(=O)O. The van der Waals surface area contributed by atoms with Crippen molar-refractivity contribution in [2.75, 3.05) is 0 Å². The third-order valence-corrected chi connectivity index (χ3v) is 3.90. The van der Waals surface area contributed by atoms with Gasteiger partial charge in [0.15, 0.2) is 0 Å². The maximum absolute atomic E-state index is 12.4. The largest absolute Gasteiger partial charge is 0.480 e. The van der Waals surface area contributed by atoms with Crippen LogP contribution in [0.1, 0.15) is 26.0 Å². The topological polar surface area (TPSA) is 217 Å². The zero-order valence-corrected chi connectivity index (χ0v) is 15.8. The van der Waals surface area contributed by atoms with Crippen molar-refractivity contribution >= 4 is 29.7 Å². The molecule has 160 valence electrons. The first-order valence-electron chi connectivity index (χ1n) is 8.56. The number of hydrogen-bond donors (Lipinski definition) is 7. The fraction of sp³-hybridized carbons (Fsp3) is 0.500. The van der Waals surface area contributed by atoms with Gasteiger partial charge in [-0.1, -0.05) is 0 Å². The number of carboxylic acid groups (broad SMARTS) is 2. The molecular formula is C16H24N6O7. The maximum Gasteiger partial charge on any atom is 0.327 e. The molecule has 0 saturated carbocycles. The molecule has 0 aliphatic carbocycles. The molecule has 8 N–H and O–H groups in total. The van der Waals surface area contributed by atoms with Crippen molar-refractivity contribution in [2.45, 2.75) is 50.9 Å².